The van der Waals surface area contributed by atoms with Crippen LogP contribution in [-0.4, -0.2) is 26.1 Å². The summed E-state index contributed by atoms with van der Waals surface area (Å²) in [5.74, 6) is 1.40. The van der Waals surface area contributed by atoms with Crippen LogP contribution in [0.25, 0.3) is 11.0 Å². The maximum absolute atomic E-state index is 12.3. The summed E-state index contributed by atoms with van der Waals surface area (Å²) in [6.45, 7) is 4.26. The van der Waals surface area contributed by atoms with E-state index in [4.69, 9.17) is 9.15 Å². The molecule has 2 aromatic rings. The Kier molecular flexibility index (Phi) is 3.62. The van der Waals surface area contributed by atoms with Gasteiger partial charge in [-0.25, -0.2) is 0 Å². The number of hydrogen-bond donors (Lipinski definition) is 0. The number of benzene rings is 1. The second kappa shape index (κ2) is 5.05. The summed E-state index contributed by atoms with van der Waals surface area (Å²) in [7, 11) is 5.56. The lowest BCUT2D eigenvalue weighted by molar-refractivity contribution is 0.370. The van der Waals surface area contributed by atoms with Gasteiger partial charge in [-0.3, -0.25) is 4.79 Å². The van der Waals surface area contributed by atoms with Gasteiger partial charge in [0.25, 0.3) is 0 Å². The van der Waals surface area contributed by atoms with Crippen LogP contribution in [0.4, 0.5) is 0 Å². The summed E-state index contributed by atoms with van der Waals surface area (Å²) >= 11 is 0. The Bertz CT molecular complexity index is 671. The minimum Gasteiger partial charge on any atom is -0.496 e. The fraction of sp³-hybridized carbons (Fsp3) is 0.400. The highest BCUT2D eigenvalue weighted by molar-refractivity contribution is 5.82. The van der Waals surface area contributed by atoms with Crippen molar-refractivity contribution >= 4 is 11.0 Å². The number of fused-ring (bicyclic) bond motifs is 1. The Balaban J connectivity index is 2.85. The molecule has 0 aliphatic heterocycles. The molecule has 0 saturated heterocycles. The fourth-order valence-electron chi connectivity index (χ4n) is 2.15. The smallest absolute Gasteiger partial charge is 0.195 e. The van der Waals surface area contributed by atoms with E-state index in [1.54, 1.807) is 20.1 Å². The van der Waals surface area contributed by atoms with E-state index < -0.39 is 0 Å². The van der Waals surface area contributed by atoms with Crippen LogP contribution >= 0.6 is 0 Å². The molecule has 4 nitrogen and oxygen atoms in total. The van der Waals surface area contributed by atoms with E-state index in [1.165, 1.54) is 0 Å². The van der Waals surface area contributed by atoms with E-state index in [2.05, 4.69) is 0 Å². The van der Waals surface area contributed by atoms with Crippen molar-refractivity contribution in [2.45, 2.75) is 20.4 Å². The minimum absolute atomic E-state index is 0.0291. The molecule has 0 aliphatic rings. The molecule has 4 heteroatoms. The van der Waals surface area contributed by atoms with E-state index in [9.17, 15) is 4.79 Å². The van der Waals surface area contributed by atoms with Gasteiger partial charge in [0.15, 0.2) is 5.43 Å². The Morgan fingerprint density at radius 1 is 1.26 bits per heavy atom. The Morgan fingerprint density at radius 2 is 1.95 bits per heavy atom. The zero-order chi connectivity index (χ0) is 14.2. The summed E-state index contributed by atoms with van der Waals surface area (Å²) in [5, 5.41) is 0.612. The molecular formula is C15H19NO3. The molecule has 0 N–H and O–H groups in total. The highest BCUT2D eigenvalue weighted by Crippen LogP contribution is 2.28. The molecule has 0 atom stereocenters. The number of nitrogens with zero attached hydrogens (tertiary/aromatic N) is 1. The number of aryl methyl sites for hydroxylation is 1. The summed E-state index contributed by atoms with van der Waals surface area (Å²) in [5.41, 5.74) is 2.22. The quantitative estimate of drug-likeness (QED) is 0.851. The zero-order valence-electron chi connectivity index (χ0n) is 12.0. The van der Waals surface area contributed by atoms with E-state index in [0.29, 0.717) is 28.8 Å². The molecule has 2 rings (SSSR count). The first-order chi connectivity index (χ1) is 8.95. The van der Waals surface area contributed by atoms with Gasteiger partial charge in [-0.15, -0.1) is 0 Å². The second-order valence-corrected chi connectivity index (χ2v) is 4.97. The molecule has 0 unspecified atom stereocenters. The van der Waals surface area contributed by atoms with Crippen molar-refractivity contribution < 1.29 is 9.15 Å². The molecular weight excluding hydrogens is 242 g/mol. The van der Waals surface area contributed by atoms with Crippen LogP contribution in [0.1, 0.15) is 16.9 Å². The Morgan fingerprint density at radius 3 is 2.53 bits per heavy atom. The topological polar surface area (TPSA) is 42.7 Å². The third kappa shape index (κ3) is 2.36. The monoisotopic (exact) mass is 261 g/mol. The number of hydrogen-bond acceptors (Lipinski definition) is 4. The average molecular weight is 261 g/mol. The molecule has 0 fully saturated rings. The van der Waals surface area contributed by atoms with Gasteiger partial charge < -0.3 is 14.1 Å². The van der Waals surface area contributed by atoms with Gasteiger partial charge >= 0.3 is 0 Å². The molecule has 1 aromatic carbocycles. The minimum atomic E-state index is 0.0291. The Labute approximate surface area is 112 Å². The molecule has 0 bridgehead atoms. The van der Waals surface area contributed by atoms with Crippen molar-refractivity contribution in [1.82, 2.24) is 4.90 Å². The highest BCUT2D eigenvalue weighted by Gasteiger charge is 2.15. The maximum Gasteiger partial charge on any atom is 0.195 e. The molecule has 0 spiro atoms. The van der Waals surface area contributed by atoms with Crippen LogP contribution in [0.15, 0.2) is 21.3 Å². The molecule has 19 heavy (non-hydrogen) atoms. The highest BCUT2D eigenvalue weighted by atomic mass is 16.5. The predicted octanol–water partition coefficient (Wildman–Crippen LogP) is 2.48. The standard InChI is InChI=1S/C15H19NO3/c1-9-10(2)19-15-11(14(9)17)6-7-13(18-5)12(15)8-16(3)4/h6-7H,8H2,1-5H3. The van der Waals surface area contributed by atoms with Crippen LogP contribution in [0.2, 0.25) is 0 Å². The van der Waals surface area contributed by atoms with E-state index in [0.717, 1.165) is 11.3 Å². The van der Waals surface area contributed by atoms with E-state index in [-0.39, 0.29) is 5.43 Å². The lowest BCUT2D eigenvalue weighted by Gasteiger charge is -2.15. The Hall–Kier alpha value is -1.81. The predicted molar refractivity (Wildman–Crippen MR) is 75.9 cm³/mol. The molecule has 0 radical (unpaired) electrons. The molecule has 0 saturated carbocycles. The first-order valence-electron chi connectivity index (χ1n) is 6.20. The fourth-order valence-corrected chi connectivity index (χ4v) is 2.15. The second-order valence-electron chi connectivity index (χ2n) is 4.97. The summed E-state index contributed by atoms with van der Waals surface area (Å²) in [6, 6.07) is 3.60. The van der Waals surface area contributed by atoms with Gasteiger partial charge in [0.2, 0.25) is 0 Å². The first kappa shape index (κ1) is 13.6. The van der Waals surface area contributed by atoms with Crippen LogP contribution in [0, 0.1) is 13.8 Å². The molecule has 102 valence electrons. The lowest BCUT2D eigenvalue weighted by atomic mass is 10.1. The van der Waals surface area contributed by atoms with Gasteiger partial charge in [-0.2, -0.15) is 0 Å². The van der Waals surface area contributed by atoms with Crippen LogP contribution in [0.5, 0.6) is 5.75 Å². The molecule has 1 aromatic heterocycles. The van der Waals surface area contributed by atoms with Crippen molar-refractivity contribution in [3.63, 3.8) is 0 Å². The van der Waals surface area contributed by atoms with E-state index in [1.807, 2.05) is 32.0 Å². The van der Waals surface area contributed by atoms with Crippen LogP contribution < -0.4 is 10.2 Å². The molecule has 0 amide bonds. The van der Waals surface area contributed by atoms with Crippen molar-refractivity contribution in [1.29, 1.82) is 0 Å². The maximum atomic E-state index is 12.3. The summed E-state index contributed by atoms with van der Waals surface area (Å²) in [6.07, 6.45) is 0. The number of rotatable bonds is 3. The largest absolute Gasteiger partial charge is 0.496 e. The average Bonchev–Trinajstić information content (AvgIpc) is 2.36. The van der Waals surface area contributed by atoms with Gasteiger partial charge in [0.1, 0.15) is 17.1 Å². The zero-order valence-corrected chi connectivity index (χ0v) is 12.0. The normalized spacial score (nSPS) is 11.3. The third-order valence-electron chi connectivity index (χ3n) is 3.28. The SMILES string of the molecule is COc1ccc2c(=O)c(C)c(C)oc2c1CN(C)C. The molecule has 0 aliphatic carbocycles. The van der Waals surface area contributed by atoms with E-state index >= 15 is 0 Å². The first-order valence-corrected chi connectivity index (χ1v) is 6.20. The molecule has 1 heterocycles. The summed E-state index contributed by atoms with van der Waals surface area (Å²) < 4.78 is 11.2. The van der Waals surface area contributed by atoms with Crippen LogP contribution in [0.3, 0.4) is 0 Å². The lowest BCUT2D eigenvalue weighted by Crippen LogP contribution is -2.14. The van der Waals surface area contributed by atoms with Crippen molar-refractivity contribution in [2.75, 3.05) is 21.2 Å². The summed E-state index contributed by atoms with van der Waals surface area (Å²) in [4.78, 5) is 14.3. The van der Waals surface area contributed by atoms with Crippen molar-refractivity contribution in [2.24, 2.45) is 0 Å². The van der Waals surface area contributed by atoms with Gasteiger partial charge in [0.05, 0.1) is 18.1 Å². The third-order valence-corrected chi connectivity index (χ3v) is 3.28. The van der Waals surface area contributed by atoms with Gasteiger partial charge in [-0.1, -0.05) is 0 Å². The number of methoxy groups -OCH3 is 1. The van der Waals surface area contributed by atoms with Gasteiger partial charge in [-0.05, 0) is 40.1 Å². The van der Waals surface area contributed by atoms with Gasteiger partial charge in [0, 0.05) is 12.1 Å². The van der Waals surface area contributed by atoms with Crippen molar-refractivity contribution in [3.05, 3.63) is 39.2 Å². The number of ether oxygens (including phenoxy) is 1. The van der Waals surface area contributed by atoms with Crippen LogP contribution in [-0.2, 0) is 6.54 Å². The van der Waals surface area contributed by atoms with Crippen molar-refractivity contribution in [3.8, 4) is 5.75 Å².